The number of hydrogen-bond acceptors (Lipinski definition) is 4. The molecule has 0 amide bonds. The van der Waals surface area contributed by atoms with Crippen LogP contribution in [0.1, 0.15) is 5.56 Å². The first-order chi connectivity index (χ1) is 12.3. The van der Waals surface area contributed by atoms with Crippen molar-refractivity contribution in [3.63, 3.8) is 0 Å². The summed E-state index contributed by atoms with van der Waals surface area (Å²) >= 11 is 5.59. The molecule has 0 saturated heterocycles. The molecule has 3 aromatic rings. The molecule has 2 aromatic carbocycles. The number of nitrogens with zero attached hydrogens (tertiary/aromatic N) is 2. The van der Waals surface area contributed by atoms with Gasteiger partial charge in [-0.3, -0.25) is 0 Å². The first kappa shape index (κ1) is 17.9. The van der Waals surface area contributed by atoms with Crippen LogP contribution in [0.3, 0.4) is 0 Å². The second-order valence-corrected chi connectivity index (χ2v) is 5.59. The normalized spacial score (nSPS) is 11.3. The SMILES string of the molecule is Fc1ccccc1Nc1ccnc(Nc2ccc(Cl)c(C(F)(F)F)c2)n1. The third-order valence-electron chi connectivity index (χ3n) is 3.32. The Morgan fingerprint density at radius 2 is 1.73 bits per heavy atom. The highest BCUT2D eigenvalue weighted by molar-refractivity contribution is 6.31. The Balaban J connectivity index is 1.82. The lowest BCUT2D eigenvalue weighted by molar-refractivity contribution is -0.137. The van der Waals surface area contributed by atoms with Gasteiger partial charge in [0, 0.05) is 11.9 Å². The van der Waals surface area contributed by atoms with Gasteiger partial charge in [-0.15, -0.1) is 0 Å². The Bertz CT molecular complexity index is 931. The molecule has 1 aromatic heterocycles. The van der Waals surface area contributed by atoms with Crippen LogP contribution >= 0.6 is 11.6 Å². The number of benzene rings is 2. The maximum absolute atomic E-state index is 13.7. The molecule has 1 heterocycles. The molecular formula is C17H11ClF4N4. The number of alkyl halides is 3. The quantitative estimate of drug-likeness (QED) is 0.562. The highest BCUT2D eigenvalue weighted by atomic mass is 35.5. The van der Waals surface area contributed by atoms with Gasteiger partial charge in [0.15, 0.2) is 0 Å². The molecule has 0 fully saturated rings. The number of rotatable bonds is 4. The number of hydrogen-bond donors (Lipinski definition) is 2. The van der Waals surface area contributed by atoms with Gasteiger partial charge in [0.25, 0.3) is 0 Å². The van der Waals surface area contributed by atoms with Crippen LogP contribution in [0.4, 0.5) is 40.7 Å². The van der Waals surface area contributed by atoms with Crippen LogP contribution in [0.2, 0.25) is 5.02 Å². The smallest absolute Gasteiger partial charge is 0.338 e. The van der Waals surface area contributed by atoms with E-state index >= 15 is 0 Å². The van der Waals surface area contributed by atoms with Gasteiger partial charge in [0.1, 0.15) is 11.6 Å². The predicted molar refractivity (Wildman–Crippen MR) is 91.5 cm³/mol. The van der Waals surface area contributed by atoms with Crippen molar-refractivity contribution in [1.82, 2.24) is 9.97 Å². The molecule has 0 radical (unpaired) electrons. The average Bonchev–Trinajstić information content (AvgIpc) is 2.58. The Morgan fingerprint density at radius 3 is 2.46 bits per heavy atom. The van der Waals surface area contributed by atoms with Gasteiger partial charge in [-0.2, -0.15) is 18.2 Å². The summed E-state index contributed by atoms with van der Waals surface area (Å²) in [5, 5.41) is 5.04. The Morgan fingerprint density at radius 1 is 0.962 bits per heavy atom. The van der Waals surface area contributed by atoms with Crippen LogP contribution in [0.15, 0.2) is 54.7 Å². The molecule has 134 valence electrons. The summed E-state index contributed by atoms with van der Waals surface area (Å²) in [6.07, 6.45) is -3.19. The molecule has 0 unspecified atom stereocenters. The van der Waals surface area contributed by atoms with E-state index in [0.29, 0.717) is 0 Å². The number of nitrogens with one attached hydrogen (secondary N) is 2. The topological polar surface area (TPSA) is 49.8 Å². The molecule has 0 aliphatic heterocycles. The third-order valence-corrected chi connectivity index (χ3v) is 3.65. The molecule has 0 aliphatic carbocycles. The zero-order chi connectivity index (χ0) is 18.7. The van der Waals surface area contributed by atoms with Gasteiger partial charge in [-0.05, 0) is 36.4 Å². The van der Waals surface area contributed by atoms with Crippen LogP contribution in [0.5, 0.6) is 0 Å². The molecule has 0 spiro atoms. The molecule has 4 nitrogen and oxygen atoms in total. The molecule has 26 heavy (non-hydrogen) atoms. The molecular weight excluding hydrogens is 372 g/mol. The highest BCUT2D eigenvalue weighted by Gasteiger charge is 2.33. The van der Waals surface area contributed by atoms with E-state index in [9.17, 15) is 17.6 Å². The summed E-state index contributed by atoms with van der Waals surface area (Å²) in [5.74, 6) is -0.146. The monoisotopic (exact) mass is 382 g/mol. The standard InChI is InChI=1S/C17H11ClF4N4/c18-12-6-5-10(9-11(12)17(20,21)22)24-16-23-8-7-15(26-16)25-14-4-2-1-3-13(14)19/h1-9H,(H2,23,24,25,26). The Kier molecular flexibility index (Phi) is 4.94. The number of aromatic nitrogens is 2. The fourth-order valence-corrected chi connectivity index (χ4v) is 2.36. The van der Waals surface area contributed by atoms with E-state index in [-0.39, 0.29) is 23.1 Å². The molecule has 0 atom stereocenters. The van der Waals surface area contributed by atoms with E-state index in [1.807, 2.05) is 0 Å². The van der Waals surface area contributed by atoms with Crippen molar-refractivity contribution in [2.24, 2.45) is 0 Å². The predicted octanol–water partition coefficient (Wildman–Crippen LogP) is 5.78. The minimum atomic E-state index is -4.58. The maximum atomic E-state index is 13.7. The fourth-order valence-electron chi connectivity index (χ4n) is 2.14. The largest absolute Gasteiger partial charge is 0.417 e. The first-order valence-corrected chi connectivity index (χ1v) is 7.69. The molecule has 9 heteroatoms. The van der Waals surface area contributed by atoms with E-state index in [1.54, 1.807) is 12.1 Å². The number of para-hydroxylation sites is 1. The second-order valence-electron chi connectivity index (χ2n) is 5.19. The maximum Gasteiger partial charge on any atom is 0.417 e. The minimum Gasteiger partial charge on any atom is -0.338 e. The van der Waals surface area contributed by atoms with Crippen molar-refractivity contribution in [2.45, 2.75) is 6.18 Å². The van der Waals surface area contributed by atoms with Gasteiger partial charge in [0.05, 0.1) is 16.3 Å². The second kappa shape index (κ2) is 7.17. The average molecular weight is 383 g/mol. The Hall–Kier alpha value is -2.87. The van der Waals surface area contributed by atoms with E-state index in [1.165, 1.54) is 30.5 Å². The molecule has 0 saturated carbocycles. The lowest BCUT2D eigenvalue weighted by Crippen LogP contribution is -2.07. The van der Waals surface area contributed by atoms with Crippen LogP contribution in [-0.4, -0.2) is 9.97 Å². The van der Waals surface area contributed by atoms with Crippen LogP contribution in [-0.2, 0) is 6.18 Å². The van der Waals surface area contributed by atoms with E-state index in [4.69, 9.17) is 11.6 Å². The van der Waals surface area contributed by atoms with Crippen LogP contribution < -0.4 is 10.6 Å². The molecule has 2 N–H and O–H groups in total. The van der Waals surface area contributed by atoms with Crippen molar-refractivity contribution >= 4 is 34.7 Å². The lowest BCUT2D eigenvalue weighted by atomic mass is 10.2. The Labute approximate surface area is 150 Å². The number of anilines is 4. The summed E-state index contributed by atoms with van der Waals surface area (Å²) in [5.41, 5.74) is -0.641. The van der Waals surface area contributed by atoms with Crippen molar-refractivity contribution in [3.8, 4) is 0 Å². The summed E-state index contributed by atoms with van der Waals surface area (Å²) in [4.78, 5) is 8.05. The highest BCUT2D eigenvalue weighted by Crippen LogP contribution is 2.36. The van der Waals surface area contributed by atoms with Crippen molar-refractivity contribution < 1.29 is 17.6 Å². The summed E-state index contributed by atoms with van der Waals surface area (Å²) in [6.45, 7) is 0. The molecule has 3 rings (SSSR count). The summed E-state index contributed by atoms with van der Waals surface area (Å²) < 4.78 is 52.4. The van der Waals surface area contributed by atoms with Gasteiger partial charge in [-0.1, -0.05) is 23.7 Å². The molecule has 0 bridgehead atoms. The third kappa shape index (κ3) is 4.20. The zero-order valence-electron chi connectivity index (χ0n) is 13.0. The first-order valence-electron chi connectivity index (χ1n) is 7.31. The van der Waals surface area contributed by atoms with Crippen molar-refractivity contribution in [2.75, 3.05) is 10.6 Å². The lowest BCUT2D eigenvalue weighted by Gasteiger charge is -2.12. The van der Waals surface area contributed by atoms with E-state index in [2.05, 4.69) is 20.6 Å². The van der Waals surface area contributed by atoms with Gasteiger partial charge in [-0.25, -0.2) is 9.37 Å². The summed E-state index contributed by atoms with van der Waals surface area (Å²) in [7, 11) is 0. The summed E-state index contributed by atoms with van der Waals surface area (Å²) in [6, 6.07) is 10.9. The van der Waals surface area contributed by atoms with Gasteiger partial charge in [0.2, 0.25) is 5.95 Å². The molecule has 0 aliphatic rings. The van der Waals surface area contributed by atoms with Crippen LogP contribution in [0, 0.1) is 5.82 Å². The van der Waals surface area contributed by atoms with Crippen molar-refractivity contribution in [1.29, 1.82) is 0 Å². The van der Waals surface area contributed by atoms with Crippen molar-refractivity contribution in [3.05, 3.63) is 71.1 Å². The fraction of sp³-hybridized carbons (Fsp3) is 0.0588. The zero-order valence-corrected chi connectivity index (χ0v) is 13.7. The van der Waals surface area contributed by atoms with Gasteiger partial charge >= 0.3 is 6.18 Å². The van der Waals surface area contributed by atoms with E-state index in [0.717, 1.165) is 12.1 Å². The van der Waals surface area contributed by atoms with Crippen LogP contribution in [0.25, 0.3) is 0 Å². The van der Waals surface area contributed by atoms with Gasteiger partial charge < -0.3 is 10.6 Å². The number of halogens is 5. The van der Waals surface area contributed by atoms with E-state index < -0.39 is 22.6 Å². The minimum absolute atomic E-state index is 0.0433.